The summed E-state index contributed by atoms with van der Waals surface area (Å²) in [6.07, 6.45) is 2.58. The third-order valence-corrected chi connectivity index (χ3v) is 3.74. The summed E-state index contributed by atoms with van der Waals surface area (Å²) in [5, 5.41) is 2.16. The maximum absolute atomic E-state index is 12.0. The van der Waals surface area contributed by atoms with Crippen molar-refractivity contribution in [1.29, 1.82) is 0 Å². The quantitative estimate of drug-likeness (QED) is 0.605. The van der Waals surface area contributed by atoms with Gasteiger partial charge in [-0.05, 0) is 36.2 Å². The highest BCUT2D eigenvalue weighted by atomic mass is 16.5. The van der Waals surface area contributed by atoms with Crippen LogP contribution in [-0.2, 0) is 9.59 Å². The minimum atomic E-state index is -0.706. The first kappa shape index (κ1) is 17.8. The van der Waals surface area contributed by atoms with Crippen LogP contribution in [0.1, 0.15) is 39.5 Å². The number of rotatable bonds is 7. The fourth-order valence-corrected chi connectivity index (χ4v) is 2.33. The van der Waals surface area contributed by atoms with Crippen LogP contribution >= 0.6 is 0 Å². The van der Waals surface area contributed by atoms with E-state index in [1.54, 1.807) is 6.92 Å². The first-order chi connectivity index (χ1) is 11.6. The molecule has 2 amide bonds. The third-order valence-electron chi connectivity index (χ3n) is 3.74. The second-order valence-electron chi connectivity index (χ2n) is 5.76. The molecule has 0 saturated heterocycles. The highest BCUT2D eigenvalue weighted by Gasteiger charge is 2.15. The molecule has 2 rings (SSSR count). The Morgan fingerprint density at radius 1 is 1.04 bits per heavy atom. The molecular formula is C19H24N2O3. The Hall–Kier alpha value is -2.56. The van der Waals surface area contributed by atoms with E-state index in [1.165, 1.54) is 0 Å². The summed E-state index contributed by atoms with van der Waals surface area (Å²) < 4.78 is 5.65. The monoisotopic (exact) mass is 328 g/mol. The molecule has 0 radical (unpaired) electrons. The molecule has 5 heteroatoms. The van der Waals surface area contributed by atoms with Gasteiger partial charge in [-0.2, -0.15) is 0 Å². The average Bonchev–Trinajstić information content (AvgIpc) is 2.59. The van der Waals surface area contributed by atoms with Crippen LogP contribution < -0.4 is 15.6 Å². The number of amides is 2. The minimum absolute atomic E-state index is 0.185. The number of benzene rings is 2. The maximum atomic E-state index is 12.0. The van der Waals surface area contributed by atoms with Crippen LogP contribution in [-0.4, -0.2) is 17.9 Å². The van der Waals surface area contributed by atoms with Gasteiger partial charge in [-0.1, -0.05) is 50.1 Å². The van der Waals surface area contributed by atoms with Crippen molar-refractivity contribution in [2.24, 2.45) is 0 Å². The Kier molecular flexibility index (Phi) is 6.61. The van der Waals surface area contributed by atoms with Crippen LogP contribution in [0.15, 0.2) is 42.5 Å². The van der Waals surface area contributed by atoms with Gasteiger partial charge in [0.05, 0.1) is 0 Å². The van der Waals surface area contributed by atoms with E-state index in [1.807, 2.05) is 42.5 Å². The number of ether oxygens (including phenoxy) is 1. The topological polar surface area (TPSA) is 67.4 Å². The second-order valence-corrected chi connectivity index (χ2v) is 5.76. The smallest absolute Gasteiger partial charge is 0.279 e. The van der Waals surface area contributed by atoms with Gasteiger partial charge in [-0.15, -0.1) is 0 Å². The molecule has 0 fully saturated rings. The van der Waals surface area contributed by atoms with Crippen LogP contribution in [0.5, 0.6) is 5.75 Å². The summed E-state index contributed by atoms with van der Waals surface area (Å²) in [4.78, 5) is 23.6. The van der Waals surface area contributed by atoms with Gasteiger partial charge < -0.3 is 4.74 Å². The normalized spacial score (nSPS) is 11.8. The molecule has 2 N–H and O–H groups in total. The predicted molar refractivity (Wildman–Crippen MR) is 94.5 cm³/mol. The van der Waals surface area contributed by atoms with E-state index in [9.17, 15) is 9.59 Å². The molecule has 0 saturated carbocycles. The first-order valence-corrected chi connectivity index (χ1v) is 8.34. The number of fused-ring (bicyclic) bond motifs is 1. The molecule has 2 aromatic carbocycles. The number of hydrazine groups is 1. The largest absolute Gasteiger partial charge is 0.481 e. The van der Waals surface area contributed by atoms with E-state index in [-0.39, 0.29) is 11.8 Å². The lowest BCUT2D eigenvalue weighted by molar-refractivity contribution is -0.132. The van der Waals surface area contributed by atoms with E-state index in [0.717, 1.165) is 30.0 Å². The fourth-order valence-electron chi connectivity index (χ4n) is 2.33. The van der Waals surface area contributed by atoms with Crippen LogP contribution in [0, 0.1) is 0 Å². The summed E-state index contributed by atoms with van der Waals surface area (Å²) >= 11 is 0. The van der Waals surface area contributed by atoms with Crippen LogP contribution in [0.2, 0.25) is 0 Å². The van der Waals surface area contributed by atoms with Crippen molar-refractivity contribution in [3.63, 3.8) is 0 Å². The maximum Gasteiger partial charge on any atom is 0.279 e. The van der Waals surface area contributed by atoms with Crippen LogP contribution in [0.3, 0.4) is 0 Å². The van der Waals surface area contributed by atoms with Gasteiger partial charge in [0.2, 0.25) is 5.91 Å². The van der Waals surface area contributed by atoms with E-state index in [0.29, 0.717) is 12.2 Å². The van der Waals surface area contributed by atoms with Gasteiger partial charge in [-0.3, -0.25) is 20.4 Å². The van der Waals surface area contributed by atoms with Crippen LogP contribution in [0.25, 0.3) is 10.8 Å². The van der Waals surface area contributed by atoms with Crippen molar-refractivity contribution < 1.29 is 14.3 Å². The zero-order valence-corrected chi connectivity index (χ0v) is 14.2. The molecule has 24 heavy (non-hydrogen) atoms. The highest BCUT2D eigenvalue weighted by Crippen LogP contribution is 2.21. The summed E-state index contributed by atoms with van der Waals surface area (Å²) in [5.41, 5.74) is 4.82. The Bertz CT molecular complexity index is 700. The Morgan fingerprint density at radius 2 is 1.79 bits per heavy atom. The lowest BCUT2D eigenvalue weighted by atomic mass is 10.1. The molecule has 0 aliphatic heterocycles. The van der Waals surface area contributed by atoms with Crippen molar-refractivity contribution in [2.75, 3.05) is 0 Å². The number of hydrogen-bond acceptors (Lipinski definition) is 3. The standard InChI is InChI=1S/C19H24N2O3/c1-3-4-5-10-18(22)20-21-19(23)14(2)24-17-12-11-15-8-6-7-9-16(15)13-17/h6-9,11-14H,3-5,10H2,1-2H3,(H,20,22)(H,21,23). The second kappa shape index (κ2) is 8.91. The van der Waals surface area contributed by atoms with Crippen molar-refractivity contribution in [3.8, 4) is 5.75 Å². The lowest BCUT2D eigenvalue weighted by Gasteiger charge is -2.15. The third kappa shape index (κ3) is 5.26. The van der Waals surface area contributed by atoms with Gasteiger partial charge in [0, 0.05) is 6.42 Å². The number of carbonyl (C=O) groups is 2. The van der Waals surface area contributed by atoms with Gasteiger partial charge in [0.15, 0.2) is 6.10 Å². The number of carbonyl (C=O) groups excluding carboxylic acids is 2. The SMILES string of the molecule is CCCCCC(=O)NNC(=O)C(C)Oc1ccc2ccccc2c1. The molecule has 2 aromatic rings. The van der Waals surface area contributed by atoms with Gasteiger partial charge in [0.25, 0.3) is 5.91 Å². The summed E-state index contributed by atoms with van der Waals surface area (Å²) in [7, 11) is 0. The summed E-state index contributed by atoms with van der Waals surface area (Å²) in [6, 6.07) is 13.6. The molecular weight excluding hydrogens is 304 g/mol. The van der Waals surface area contributed by atoms with E-state index in [4.69, 9.17) is 4.74 Å². The average molecular weight is 328 g/mol. The summed E-state index contributed by atoms with van der Waals surface area (Å²) in [6.45, 7) is 3.72. The molecule has 0 spiro atoms. The minimum Gasteiger partial charge on any atom is -0.481 e. The van der Waals surface area contributed by atoms with Crippen molar-refractivity contribution in [2.45, 2.75) is 45.6 Å². The fraction of sp³-hybridized carbons (Fsp3) is 0.368. The zero-order valence-electron chi connectivity index (χ0n) is 14.2. The lowest BCUT2D eigenvalue weighted by Crippen LogP contribution is -2.47. The predicted octanol–water partition coefficient (Wildman–Crippen LogP) is 3.33. The Labute approximate surface area is 142 Å². The van der Waals surface area contributed by atoms with Gasteiger partial charge in [-0.25, -0.2) is 0 Å². The number of unbranched alkanes of at least 4 members (excludes halogenated alkanes) is 2. The van der Waals surface area contributed by atoms with E-state index >= 15 is 0 Å². The highest BCUT2D eigenvalue weighted by molar-refractivity contribution is 5.85. The van der Waals surface area contributed by atoms with Crippen LogP contribution in [0.4, 0.5) is 0 Å². The van der Waals surface area contributed by atoms with E-state index in [2.05, 4.69) is 17.8 Å². The number of hydrogen-bond donors (Lipinski definition) is 2. The van der Waals surface area contributed by atoms with Crippen molar-refractivity contribution in [1.82, 2.24) is 10.9 Å². The zero-order chi connectivity index (χ0) is 17.4. The molecule has 128 valence electrons. The molecule has 0 aromatic heterocycles. The first-order valence-electron chi connectivity index (χ1n) is 8.34. The molecule has 5 nitrogen and oxygen atoms in total. The Morgan fingerprint density at radius 3 is 2.54 bits per heavy atom. The number of nitrogens with one attached hydrogen (secondary N) is 2. The van der Waals surface area contributed by atoms with E-state index < -0.39 is 6.10 Å². The molecule has 1 atom stereocenters. The van der Waals surface area contributed by atoms with Crippen molar-refractivity contribution in [3.05, 3.63) is 42.5 Å². The summed E-state index contributed by atoms with van der Waals surface area (Å²) in [5.74, 6) is 0.0485. The van der Waals surface area contributed by atoms with Gasteiger partial charge >= 0.3 is 0 Å². The van der Waals surface area contributed by atoms with Crippen molar-refractivity contribution >= 4 is 22.6 Å². The molecule has 0 bridgehead atoms. The molecule has 1 unspecified atom stereocenters. The Balaban J connectivity index is 1.83. The van der Waals surface area contributed by atoms with Gasteiger partial charge in [0.1, 0.15) is 5.75 Å². The molecule has 0 aliphatic rings. The molecule has 0 aliphatic carbocycles. The molecule has 0 heterocycles.